The van der Waals surface area contributed by atoms with E-state index in [0.717, 1.165) is 14.7 Å². The van der Waals surface area contributed by atoms with Crippen LogP contribution >= 0.6 is 22.6 Å². The van der Waals surface area contributed by atoms with Crippen molar-refractivity contribution in [3.8, 4) is 0 Å². The van der Waals surface area contributed by atoms with Crippen molar-refractivity contribution in [2.45, 2.75) is 38.0 Å². The Hall–Kier alpha value is -3.73. The van der Waals surface area contributed by atoms with Gasteiger partial charge in [-0.3, -0.25) is 9.79 Å². The van der Waals surface area contributed by atoms with Crippen LogP contribution in [-0.4, -0.2) is 49.5 Å². The summed E-state index contributed by atoms with van der Waals surface area (Å²) in [5.41, 5.74) is 0.102. The Balaban J connectivity index is 2.03. The average molecular weight is 639 g/mol. The number of ether oxygens (including phenoxy) is 2. The second kappa shape index (κ2) is 11.2. The molecule has 202 valence electrons. The van der Waals surface area contributed by atoms with Gasteiger partial charge in [0.05, 0.1) is 12.8 Å². The predicted octanol–water partition coefficient (Wildman–Crippen LogP) is 5.07. The number of aliphatic imine (C=N–C) groups is 1. The minimum atomic E-state index is -1.94. The van der Waals surface area contributed by atoms with Gasteiger partial charge < -0.3 is 19.7 Å². The zero-order valence-electron chi connectivity index (χ0n) is 22.4. The molecule has 1 aliphatic rings. The molecule has 2 amide bonds. The lowest BCUT2D eigenvalue weighted by molar-refractivity contribution is -0.147. The molecule has 1 aliphatic heterocycles. The number of benzene rings is 3. The van der Waals surface area contributed by atoms with Crippen LogP contribution in [0.2, 0.25) is 0 Å². The summed E-state index contributed by atoms with van der Waals surface area (Å²) < 4.78 is 11.6. The van der Waals surface area contributed by atoms with Gasteiger partial charge in [0.2, 0.25) is 0 Å². The molecule has 0 radical (unpaired) electrons. The van der Waals surface area contributed by atoms with Crippen molar-refractivity contribution in [3.05, 3.63) is 99.1 Å². The van der Waals surface area contributed by atoms with E-state index in [1.54, 1.807) is 40.0 Å². The fraction of sp³-hybridized carbons (Fsp3) is 0.267. The van der Waals surface area contributed by atoms with Gasteiger partial charge in [-0.2, -0.15) is 0 Å². The zero-order chi connectivity index (χ0) is 28.4. The maximum absolute atomic E-state index is 14.2. The number of carbonyl (C=O) groups is 3. The van der Waals surface area contributed by atoms with Gasteiger partial charge in [0.15, 0.2) is 11.6 Å². The van der Waals surface area contributed by atoms with Crippen molar-refractivity contribution in [3.63, 3.8) is 0 Å². The molecule has 3 aromatic carbocycles. The van der Waals surface area contributed by atoms with E-state index in [1.807, 2.05) is 66.7 Å². The molecule has 0 unspecified atom stereocenters. The molecule has 0 saturated carbocycles. The first-order valence-electron chi connectivity index (χ1n) is 12.3. The Kier molecular flexibility index (Phi) is 8.10. The van der Waals surface area contributed by atoms with Gasteiger partial charge in [-0.25, -0.2) is 9.59 Å². The minimum Gasteiger partial charge on any atom is -0.467 e. The highest BCUT2D eigenvalue weighted by molar-refractivity contribution is 14.1. The van der Waals surface area contributed by atoms with Crippen molar-refractivity contribution < 1.29 is 23.9 Å². The maximum Gasteiger partial charge on any atom is 0.408 e. The van der Waals surface area contributed by atoms with Crippen LogP contribution in [0.4, 0.5) is 10.5 Å². The smallest absolute Gasteiger partial charge is 0.408 e. The lowest BCUT2D eigenvalue weighted by atomic mass is 9.83. The second-order valence-corrected chi connectivity index (χ2v) is 11.3. The van der Waals surface area contributed by atoms with Crippen LogP contribution in [0, 0.1) is 3.57 Å². The standard InChI is InChI=1S/C30H30IN3O5/c1-29(2,3)39-28(37)33-30(22-18-21(31)16-17-23(22)34(4)27(30)36)25(26(35)38-5)32-24(19-12-8-6-9-13-19)20-14-10-7-11-15-20/h6-18,25H,1-5H3,(H,33,37)/t25-,30+/m1/s1. The van der Waals surface area contributed by atoms with Crippen LogP contribution in [0.1, 0.15) is 37.5 Å². The van der Waals surface area contributed by atoms with Gasteiger partial charge in [0, 0.05) is 33.0 Å². The number of fused-ring (bicyclic) bond motifs is 1. The Morgan fingerprint density at radius 3 is 2.05 bits per heavy atom. The molecule has 1 N–H and O–H groups in total. The van der Waals surface area contributed by atoms with Gasteiger partial charge in [0.1, 0.15) is 5.60 Å². The van der Waals surface area contributed by atoms with Crippen LogP contribution in [0.25, 0.3) is 0 Å². The topological polar surface area (TPSA) is 97.3 Å². The van der Waals surface area contributed by atoms with Gasteiger partial charge in [0.25, 0.3) is 5.91 Å². The number of rotatable bonds is 6. The minimum absolute atomic E-state index is 0.424. The molecule has 8 nitrogen and oxygen atoms in total. The van der Waals surface area contributed by atoms with E-state index in [4.69, 9.17) is 14.5 Å². The molecule has 1 heterocycles. The highest BCUT2D eigenvalue weighted by Crippen LogP contribution is 2.44. The Labute approximate surface area is 241 Å². The summed E-state index contributed by atoms with van der Waals surface area (Å²) in [6, 6.07) is 22.6. The number of nitrogens with zero attached hydrogens (tertiary/aromatic N) is 2. The lowest BCUT2D eigenvalue weighted by Crippen LogP contribution is -2.62. The van der Waals surface area contributed by atoms with Crippen molar-refractivity contribution in [2.75, 3.05) is 19.1 Å². The molecule has 9 heteroatoms. The Bertz CT molecular complexity index is 1380. The van der Waals surface area contributed by atoms with E-state index < -0.39 is 35.2 Å². The van der Waals surface area contributed by atoms with Gasteiger partial charge in [-0.05, 0) is 61.6 Å². The number of amides is 2. The highest BCUT2D eigenvalue weighted by atomic mass is 127. The molecule has 0 bridgehead atoms. The summed E-state index contributed by atoms with van der Waals surface area (Å²) in [6.45, 7) is 5.16. The largest absolute Gasteiger partial charge is 0.467 e. The van der Waals surface area contributed by atoms with E-state index >= 15 is 0 Å². The SMILES string of the molecule is COC(=O)[C@@H](N=C(c1ccccc1)c1ccccc1)[C@]1(NC(=O)OC(C)(C)C)C(=O)N(C)c2ccc(I)cc21. The summed E-state index contributed by atoms with van der Waals surface area (Å²) in [5, 5.41) is 2.77. The summed E-state index contributed by atoms with van der Waals surface area (Å²) in [4.78, 5) is 47.5. The predicted molar refractivity (Wildman–Crippen MR) is 158 cm³/mol. The van der Waals surface area contributed by atoms with Crippen LogP contribution in [0.5, 0.6) is 0 Å². The van der Waals surface area contributed by atoms with E-state index in [1.165, 1.54) is 12.0 Å². The molecule has 39 heavy (non-hydrogen) atoms. The van der Waals surface area contributed by atoms with E-state index in [-0.39, 0.29) is 0 Å². The molecule has 0 aliphatic carbocycles. The monoisotopic (exact) mass is 639 g/mol. The number of hydrogen-bond acceptors (Lipinski definition) is 6. The van der Waals surface area contributed by atoms with Crippen molar-refractivity contribution in [1.29, 1.82) is 0 Å². The number of methoxy groups -OCH3 is 1. The molecule has 0 fully saturated rings. The first-order valence-corrected chi connectivity index (χ1v) is 13.4. The number of halogens is 1. The van der Waals surface area contributed by atoms with Crippen molar-refractivity contribution >= 4 is 52.0 Å². The number of hydrogen-bond donors (Lipinski definition) is 1. The number of alkyl carbamates (subject to hydrolysis) is 1. The summed E-state index contributed by atoms with van der Waals surface area (Å²) in [5.74, 6) is -1.33. The lowest BCUT2D eigenvalue weighted by Gasteiger charge is -2.34. The fourth-order valence-corrected chi connectivity index (χ4v) is 5.09. The Morgan fingerprint density at radius 1 is 0.974 bits per heavy atom. The van der Waals surface area contributed by atoms with E-state index in [2.05, 4.69) is 27.9 Å². The molecular weight excluding hydrogens is 609 g/mol. The number of esters is 1. The first kappa shape index (κ1) is 28.3. The number of carbonyl (C=O) groups excluding carboxylic acids is 3. The number of anilines is 1. The van der Waals surface area contributed by atoms with E-state index in [9.17, 15) is 14.4 Å². The average Bonchev–Trinajstić information content (AvgIpc) is 3.10. The molecular formula is C30H30IN3O5. The van der Waals surface area contributed by atoms with Crippen molar-refractivity contribution in [1.82, 2.24) is 5.32 Å². The molecule has 0 saturated heterocycles. The van der Waals surface area contributed by atoms with Crippen LogP contribution in [-0.2, 0) is 24.6 Å². The van der Waals surface area contributed by atoms with Gasteiger partial charge in [-0.15, -0.1) is 0 Å². The van der Waals surface area contributed by atoms with Crippen LogP contribution in [0.15, 0.2) is 83.9 Å². The third-order valence-corrected chi connectivity index (χ3v) is 6.94. The van der Waals surface area contributed by atoms with Crippen molar-refractivity contribution in [2.24, 2.45) is 4.99 Å². The van der Waals surface area contributed by atoms with Crippen LogP contribution < -0.4 is 10.2 Å². The Morgan fingerprint density at radius 2 is 1.54 bits per heavy atom. The molecule has 0 spiro atoms. The number of likely N-dealkylation sites (N-methyl/N-ethyl adjacent to an activating group) is 1. The molecule has 3 aromatic rings. The quantitative estimate of drug-likeness (QED) is 0.231. The summed E-state index contributed by atoms with van der Waals surface area (Å²) >= 11 is 2.13. The first-order chi connectivity index (χ1) is 18.5. The number of nitrogens with one attached hydrogen (secondary N) is 1. The molecule has 0 aromatic heterocycles. The normalized spacial score (nSPS) is 17.2. The molecule has 2 atom stereocenters. The molecule has 4 rings (SSSR count). The highest BCUT2D eigenvalue weighted by Gasteiger charge is 2.60. The zero-order valence-corrected chi connectivity index (χ0v) is 24.6. The second-order valence-electron chi connectivity index (χ2n) is 10.1. The summed E-state index contributed by atoms with van der Waals surface area (Å²) in [6.07, 6.45) is -0.860. The fourth-order valence-electron chi connectivity index (χ4n) is 4.60. The van der Waals surface area contributed by atoms with Gasteiger partial charge >= 0.3 is 12.1 Å². The maximum atomic E-state index is 14.2. The van der Waals surface area contributed by atoms with E-state index in [0.29, 0.717) is 17.0 Å². The van der Waals surface area contributed by atoms with Crippen LogP contribution in [0.3, 0.4) is 0 Å². The summed E-state index contributed by atoms with van der Waals surface area (Å²) in [7, 11) is 2.83. The third kappa shape index (κ3) is 5.68. The third-order valence-electron chi connectivity index (χ3n) is 6.27. The van der Waals surface area contributed by atoms with Gasteiger partial charge in [-0.1, -0.05) is 60.7 Å².